The number of rotatable bonds is 3. The molecule has 0 saturated heterocycles. The first-order valence-corrected chi connectivity index (χ1v) is 6.50. The Morgan fingerprint density at radius 3 is 1.72 bits per heavy atom. The second-order valence-corrected chi connectivity index (χ2v) is 5.26. The normalized spacial score (nSPS) is 11.2. The molecule has 0 radical (unpaired) electrons. The molecule has 18 heavy (non-hydrogen) atoms. The maximum atomic E-state index is 4.40. The van der Waals surface area contributed by atoms with Gasteiger partial charge in [0.05, 0.1) is 0 Å². The summed E-state index contributed by atoms with van der Waals surface area (Å²) >= 11 is 0. The van der Waals surface area contributed by atoms with E-state index in [9.17, 15) is 0 Å². The Hall–Kier alpha value is -1.70. The highest BCUT2D eigenvalue weighted by molar-refractivity contribution is 5.61. The van der Waals surface area contributed by atoms with E-state index in [1.165, 1.54) is 11.1 Å². The number of hydrogen-bond donors (Lipinski definition) is 0. The fourth-order valence-corrected chi connectivity index (χ4v) is 1.85. The topological polar surface area (TPSA) is 25.8 Å². The van der Waals surface area contributed by atoms with Gasteiger partial charge in [0.25, 0.3) is 0 Å². The lowest BCUT2D eigenvalue weighted by molar-refractivity contribution is 0.775. The summed E-state index contributed by atoms with van der Waals surface area (Å²) in [5.74, 6) is 1.85. The summed E-state index contributed by atoms with van der Waals surface area (Å²) in [6, 6.07) is 8.64. The van der Waals surface area contributed by atoms with Crippen LogP contribution in [0.5, 0.6) is 0 Å². The molecular formula is C16H20N2. The molecular weight excluding hydrogens is 220 g/mol. The van der Waals surface area contributed by atoms with Crippen LogP contribution in [0.2, 0.25) is 0 Å². The predicted octanol–water partition coefficient (Wildman–Crippen LogP) is 4.39. The van der Waals surface area contributed by atoms with Gasteiger partial charge in [-0.25, -0.2) is 9.97 Å². The summed E-state index contributed by atoms with van der Waals surface area (Å²) in [6.45, 7) is 8.62. The van der Waals surface area contributed by atoms with Gasteiger partial charge in [0.2, 0.25) is 0 Å². The van der Waals surface area contributed by atoms with Crippen LogP contribution in [0.4, 0.5) is 0 Å². The highest BCUT2D eigenvalue weighted by atomic mass is 14.9. The zero-order valence-electron chi connectivity index (χ0n) is 11.5. The maximum absolute atomic E-state index is 4.40. The van der Waals surface area contributed by atoms with E-state index in [4.69, 9.17) is 0 Å². The van der Waals surface area contributed by atoms with E-state index >= 15 is 0 Å². The number of benzene rings is 1. The van der Waals surface area contributed by atoms with Gasteiger partial charge in [0, 0.05) is 23.9 Å². The lowest BCUT2D eigenvalue weighted by Gasteiger charge is -2.08. The van der Waals surface area contributed by atoms with Gasteiger partial charge in [-0.05, 0) is 17.0 Å². The van der Waals surface area contributed by atoms with E-state index in [1.54, 1.807) is 0 Å². The van der Waals surface area contributed by atoms with Crippen LogP contribution < -0.4 is 0 Å². The molecule has 2 rings (SSSR count). The molecule has 2 aromatic rings. The average Bonchev–Trinajstić information content (AvgIpc) is 2.39. The highest BCUT2D eigenvalue weighted by Crippen LogP contribution is 2.22. The van der Waals surface area contributed by atoms with Gasteiger partial charge in [-0.2, -0.15) is 0 Å². The van der Waals surface area contributed by atoms with Gasteiger partial charge in [0.15, 0.2) is 0 Å². The molecule has 2 heteroatoms. The Bertz CT molecular complexity index is 446. The van der Waals surface area contributed by atoms with Crippen LogP contribution in [0.1, 0.15) is 50.9 Å². The van der Waals surface area contributed by atoms with Crippen LogP contribution in [0.3, 0.4) is 0 Å². The largest absolute Gasteiger partial charge is 0.240 e. The number of aromatic nitrogens is 2. The highest BCUT2D eigenvalue weighted by Gasteiger charge is 2.04. The molecule has 2 nitrogen and oxygen atoms in total. The molecule has 0 aliphatic heterocycles. The van der Waals surface area contributed by atoms with Gasteiger partial charge in [-0.15, -0.1) is 0 Å². The first kappa shape index (κ1) is 12.7. The van der Waals surface area contributed by atoms with Crippen LogP contribution in [-0.4, -0.2) is 9.97 Å². The molecule has 94 valence electrons. The standard InChI is InChI=1S/C16H20N2/c1-11(2)13-5-7-14(8-6-13)15-9-17-16(12(3)4)18-10-15/h5-12H,1-4H3. The van der Waals surface area contributed by atoms with Crippen LogP contribution >= 0.6 is 0 Å². The van der Waals surface area contributed by atoms with Crippen molar-refractivity contribution in [2.75, 3.05) is 0 Å². The molecule has 0 unspecified atom stereocenters. The summed E-state index contributed by atoms with van der Waals surface area (Å²) in [6.07, 6.45) is 3.82. The molecule has 0 bridgehead atoms. The monoisotopic (exact) mass is 240 g/mol. The molecule has 0 aliphatic carbocycles. The fourth-order valence-electron chi connectivity index (χ4n) is 1.85. The third kappa shape index (κ3) is 2.76. The van der Waals surface area contributed by atoms with Crippen molar-refractivity contribution in [2.45, 2.75) is 39.5 Å². The summed E-state index contributed by atoms with van der Waals surface area (Å²) in [4.78, 5) is 8.80. The quantitative estimate of drug-likeness (QED) is 0.795. The molecule has 1 aromatic carbocycles. The summed E-state index contributed by atoms with van der Waals surface area (Å²) < 4.78 is 0. The molecule has 1 aromatic heterocycles. The summed E-state index contributed by atoms with van der Waals surface area (Å²) in [5.41, 5.74) is 3.61. The Balaban J connectivity index is 2.25. The van der Waals surface area contributed by atoms with E-state index in [2.05, 4.69) is 61.9 Å². The van der Waals surface area contributed by atoms with Crippen molar-refractivity contribution in [3.05, 3.63) is 48.0 Å². The van der Waals surface area contributed by atoms with Crippen LogP contribution in [-0.2, 0) is 0 Å². The van der Waals surface area contributed by atoms with E-state index in [0.29, 0.717) is 11.8 Å². The smallest absolute Gasteiger partial charge is 0.130 e. The van der Waals surface area contributed by atoms with E-state index < -0.39 is 0 Å². The lowest BCUT2D eigenvalue weighted by atomic mass is 10.00. The Morgan fingerprint density at radius 1 is 0.722 bits per heavy atom. The summed E-state index contributed by atoms with van der Waals surface area (Å²) in [5, 5.41) is 0. The maximum Gasteiger partial charge on any atom is 0.130 e. The zero-order chi connectivity index (χ0) is 13.1. The molecule has 0 fully saturated rings. The minimum absolute atomic E-state index is 0.377. The fraction of sp³-hybridized carbons (Fsp3) is 0.375. The molecule has 0 atom stereocenters. The molecule has 0 spiro atoms. The first-order valence-electron chi connectivity index (χ1n) is 6.50. The second-order valence-electron chi connectivity index (χ2n) is 5.26. The first-order chi connectivity index (χ1) is 8.58. The zero-order valence-corrected chi connectivity index (χ0v) is 11.5. The molecule has 0 saturated carbocycles. The van der Waals surface area contributed by atoms with Crippen LogP contribution in [0.25, 0.3) is 11.1 Å². The van der Waals surface area contributed by atoms with Crippen LogP contribution in [0, 0.1) is 0 Å². The predicted molar refractivity (Wildman–Crippen MR) is 75.6 cm³/mol. The van der Waals surface area contributed by atoms with Gasteiger partial charge in [-0.3, -0.25) is 0 Å². The van der Waals surface area contributed by atoms with Gasteiger partial charge in [0.1, 0.15) is 5.82 Å². The van der Waals surface area contributed by atoms with Crippen molar-refractivity contribution in [1.29, 1.82) is 0 Å². The third-order valence-corrected chi connectivity index (χ3v) is 3.10. The third-order valence-electron chi connectivity index (χ3n) is 3.10. The molecule has 1 heterocycles. The number of hydrogen-bond acceptors (Lipinski definition) is 2. The van der Waals surface area contributed by atoms with Gasteiger partial charge in [-0.1, -0.05) is 52.0 Å². The van der Waals surface area contributed by atoms with Crippen LogP contribution in [0.15, 0.2) is 36.7 Å². The van der Waals surface area contributed by atoms with E-state index in [0.717, 1.165) is 11.4 Å². The van der Waals surface area contributed by atoms with Crippen molar-refractivity contribution < 1.29 is 0 Å². The minimum atomic E-state index is 0.377. The van der Waals surface area contributed by atoms with E-state index in [1.807, 2.05) is 12.4 Å². The van der Waals surface area contributed by atoms with Crippen molar-refractivity contribution in [1.82, 2.24) is 9.97 Å². The number of nitrogens with zero attached hydrogens (tertiary/aromatic N) is 2. The Labute approximate surface area is 109 Å². The molecule has 0 amide bonds. The Morgan fingerprint density at radius 2 is 1.28 bits per heavy atom. The average molecular weight is 240 g/mol. The minimum Gasteiger partial charge on any atom is -0.240 e. The molecule has 0 aliphatic rings. The van der Waals surface area contributed by atoms with Crippen molar-refractivity contribution in [3.8, 4) is 11.1 Å². The SMILES string of the molecule is CC(C)c1ccc(-c2cnc(C(C)C)nc2)cc1. The van der Waals surface area contributed by atoms with Gasteiger partial charge >= 0.3 is 0 Å². The van der Waals surface area contributed by atoms with Crippen molar-refractivity contribution in [3.63, 3.8) is 0 Å². The molecule has 0 N–H and O–H groups in total. The summed E-state index contributed by atoms with van der Waals surface area (Å²) in [7, 11) is 0. The Kier molecular flexibility index (Phi) is 3.75. The second kappa shape index (κ2) is 5.30. The van der Waals surface area contributed by atoms with Gasteiger partial charge < -0.3 is 0 Å². The van der Waals surface area contributed by atoms with Crippen molar-refractivity contribution >= 4 is 0 Å². The van der Waals surface area contributed by atoms with E-state index in [-0.39, 0.29) is 0 Å². The lowest BCUT2D eigenvalue weighted by Crippen LogP contribution is -1.96. The van der Waals surface area contributed by atoms with Crippen molar-refractivity contribution in [2.24, 2.45) is 0 Å².